The normalized spacial score (nSPS) is 16.6. The maximum Gasteiger partial charge on any atom is 0.309 e. The number of carbonyl (C=O) groups excluding carboxylic acids is 2. The molecule has 0 spiro atoms. The van der Waals surface area contributed by atoms with Gasteiger partial charge in [-0.25, -0.2) is 0 Å². The van der Waals surface area contributed by atoms with Crippen LogP contribution in [0.25, 0.3) is 0 Å². The highest BCUT2D eigenvalue weighted by Crippen LogP contribution is 2.25. The molecule has 0 bridgehead atoms. The van der Waals surface area contributed by atoms with E-state index in [1.54, 1.807) is 0 Å². The average Bonchev–Trinajstić information content (AvgIpc) is 2.37. The summed E-state index contributed by atoms with van der Waals surface area (Å²) in [5, 5.41) is 5.32. The summed E-state index contributed by atoms with van der Waals surface area (Å²) in [4.78, 5) is 22.9. The Hall–Kier alpha value is -1.06. The van der Waals surface area contributed by atoms with Crippen LogP contribution >= 0.6 is 0 Å². The summed E-state index contributed by atoms with van der Waals surface area (Å²) in [7, 11) is 0. The van der Waals surface area contributed by atoms with Crippen LogP contribution < -0.4 is 10.6 Å². The topological polar surface area (TPSA) is 58.2 Å². The van der Waals surface area contributed by atoms with Gasteiger partial charge in [0.15, 0.2) is 0 Å². The van der Waals surface area contributed by atoms with Gasteiger partial charge in [0.1, 0.15) is 0 Å². The smallest absolute Gasteiger partial charge is 0.309 e. The zero-order valence-electron chi connectivity index (χ0n) is 11.6. The minimum Gasteiger partial charge on any atom is -0.348 e. The van der Waals surface area contributed by atoms with E-state index in [2.05, 4.69) is 10.6 Å². The molecule has 0 saturated heterocycles. The van der Waals surface area contributed by atoms with Crippen LogP contribution in [0.15, 0.2) is 0 Å². The minimum absolute atomic E-state index is 0.365. The van der Waals surface area contributed by atoms with Crippen molar-refractivity contribution in [3.8, 4) is 0 Å². The van der Waals surface area contributed by atoms with Crippen molar-refractivity contribution in [3.63, 3.8) is 0 Å². The highest BCUT2D eigenvalue weighted by atomic mass is 16.2. The molecule has 2 amide bonds. The second kappa shape index (κ2) is 8.11. The van der Waals surface area contributed by atoms with Crippen molar-refractivity contribution in [1.29, 1.82) is 0 Å². The Morgan fingerprint density at radius 2 is 1.67 bits per heavy atom. The molecule has 0 atom stereocenters. The summed E-state index contributed by atoms with van der Waals surface area (Å²) < 4.78 is 0. The quantitative estimate of drug-likeness (QED) is 0.736. The molecule has 0 aliphatic heterocycles. The fourth-order valence-electron chi connectivity index (χ4n) is 2.32. The third-order valence-corrected chi connectivity index (χ3v) is 3.44. The Morgan fingerprint density at radius 3 is 2.28 bits per heavy atom. The van der Waals surface area contributed by atoms with E-state index in [-0.39, 0.29) is 0 Å². The van der Waals surface area contributed by atoms with Gasteiger partial charge in [-0.1, -0.05) is 46.0 Å². The Kier molecular flexibility index (Phi) is 6.76. The summed E-state index contributed by atoms with van der Waals surface area (Å²) in [6.07, 6.45) is 7.52. The highest BCUT2D eigenvalue weighted by Gasteiger charge is 2.16. The summed E-state index contributed by atoms with van der Waals surface area (Å²) in [6, 6.07) is 0. The molecule has 0 heterocycles. The lowest BCUT2D eigenvalue weighted by Gasteiger charge is -2.21. The molecule has 104 valence electrons. The van der Waals surface area contributed by atoms with Gasteiger partial charge in [0, 0.05) is 13.1 Å². The fourth-order valence-corrected chi connectivity index (χ4v) is 2.32. The van der Waals surface area contributed by atoms with Gasteiger partial charge in [0.05, 0.1) is 0 Å². The van der Waals surface area contributed by atoms with Crippen molar-refractivity contribution in [2.75, 3.05) is 13.1 Å². The number of amides is 2. The van der Waals surface area contributed by atoms with Crippen LogP contribution in [0.3, 0.4) is 0 Å². The van der Waals surface area contributed by atoms with Crippen molar-refractivity contribution in [1.82, 2.24) is 10.6 Å². The highest BCUT2D eigenvalue weighted by molar-refractivity contribution is 6.35. The maximum absolute atomic E-state index is 11.5. The first kappa shape index (κ1) is 15.0. The molecule has 0 aromatic rings. The van der Waals surface area contributed by atoms with Crippen molar-refractivity contribution >= 4 is 11.8 Å². The molecular formula is C14H26N2O2. The molecule has 4 nitrogen and oxygen atoms in total. The molecule has 1 saturated carbocycles. The number of hydrogen-bond donors (Lipinski definition) is 2. The standard InChI is InChI=1S/C14H26N2O2/c1-11(2)10-16-14(18)13(17)15-9-8-12-6-4-3-5-7-12/h11-12H,3-10H2,1-2H3,(H,15,17)(H,16,18). The number of hydrogen-bond acceptors (Lipinski definition) is 2. The van der Waals surface area contributed by atoms with E-state index in [4.69, 9.17) is 0 Å². The first-order valence-corrected chi connectivity index (χ1v) is 7.15. The van der Waals surface area contributed by atoms with Crippen LogP contribution in [-0.4, -0.2) is 24.9 Å². The van der Waals surface area contributed by atoms with Crippen molar-refractivity contribution in [3.05, 3.63) is 0 Å². The third kappa shape index (κ3) is 6.03. The number of rotatable bonds is 5. The number of carbonyl (C=O) groups is 2. The predicted octanol–water partition coefficient (Wildman–Crippen LogP) is 1.85. The number of nitrogens with one attached hydrogen (secondary N) is 2. The van der Waals surface area contributed by atoms with E-state index in [0.29, 0.717) is 19.0 Å². The van der Waals surface area contributed by atoms with Gasteiger partial charge in [0.25, 0.3) is 0 Å². The lowest BCUT2D eigenvalue weighted by molar-refractivity contribution is -0.139. The molecule has 0 radical (unpaired) electrons. The molecule has 4 heteroatoms. The lowest BCUT2D eigenvalue weighted by Crippen LogP contribution is -2.41. The second-order valence-electron chi connectivity index (χ2n) is 5.65. The van der Waals surface area contributed by atoms with Crippen molar-refractivity contribution in [2.24, 2.45) is 11.8 Å². The Labute approximate surface area is 110 Å². The molecule has 18 heavy (non-hydrogen) atoms. The first-order chi connectivity index (χ1) is 8.59. The van der Waals surface area contributed by atoms with Crippen LogP contribution in [0, 0.1) is 11.8 Å². The molecule has 2 N–H and O–H groups in total. The van der Waals surface area contributed by atoms with Gasteiger partial charge in [-0.05, 0) is 18.3 Å². The summed E-state index contributed by atoms with van der Waals surface area (Å²) in [6.45, 7) is 5.18. The van der Waals surface area contributed by atoms with Crippen LogP contribution in [0.4, 0.5) is 0 Å². The zero-order valence-corrected chi connectivity index (χ0v) is 11.6. The van der Waals surface area contributed by atoms with E-state index in [9.17, 15) is 9.59 Å². The fraction of sp³-hybridized carbons (Fsp3) is 0.857. The van der Waals surface area contributed by atoms with Crippen LogP contribution in [0.2, 0.25) is 0 Å². The lowest BCUT2D eigenvalue weighted by atomic mass is 9.87. The van der Waals surface area contributed by atoms with E-state index in [0.717, 1.165) is 12.3 Å². The Balaban J connectivity index is 2.10. The van der Waals surface area contributed by atoms with Gasteiger partial charge in [-0.3, -0.25) is 9.59 Å². The van der Waals surface area contributed by atoms with Gasteiger partial charge in [-0.15, -0.1) is 0 Å². The third-order valence-electron chi connectivity index (χ3n) is 3.44. The average molecular weight is 254 g/mol. The van der Waals surface area contributed by atoms with E-state index in [1.807, 2.05) is 13.8 Å². The van der Waals surface area contributed by atoms with Gasteiger partial charge < -0.3 is 10.6 Å². The summed E-state index contributed by atoms with van der Waals surface area (Å²) >= 11 is 0. The van der Waals surface area contributed by atoms with Crippen molar-refractivity contribution in [2.45, 2.75) is 52.4 Å². The Bertz CT molecular complexity index is 271. The summed E-state index contributed by atoms with van der Waals surface area (Å²) in [5.41, 5.74) is 0. The molecule has 1 rings (SSSR count). The first-order valence-electron chi connectivity index (χ1n) is 7.15. The molecule has 1 aliphatic rings. The molecular weight excluding hydrogens is 228 g/mol. The van der Waals surface area contributed by atoms with Gasteiger partial charge in [0.2, 0.25) is 0 Å². The van der Waals surface area contributed by atoms with E-state index < -0.39 is 11.8 Å². The monoisotopic (exact) mass is 254 g/mol. The molecule has 0 aromatic carbocycles. The van der Waals surface area contributed by atoms with Crippen LogP contribution in [0.5, 0.6) is 0 Å². The van der Waals surface area contributed by atoms with E-state index in [1.165, 1.54) is 32.1 Å². The van der Waals surface area contributed by atoms with Gasteiger partial charge in [-0.2, -0.15) is 0 Å². The molecule has 1 aliphatic carbocycles. The van der Waals surface area contributed by atoms with Crippen molar-refractivity contribution < 1.29 is 9.59 Å². The second-order valence-corrected chi connectivity index (χ2v) is 5.65. The van der Waals surface area contributed by atoms with E-state index >= 15 is 0 Å². The SMILES string of the molecule is CC(C)CNC(=O)C(=O)NCCC1CCCCC1. The van der Waals surface area contributed by atoms with Gasteiger partial charge >= 0.3 is 11.8 Å². The largest absolute Gasteiger partial charge is 0.348 e. The molecule has 0 unspecified atom stereocenters. The Morgan fingerprint density at radius 1 is 1.06 bits per heavy atom. The zero-order chi connectivity index (χ0) is 13.4. The molecule has 1 fully saturated rings. The maximum atomic E-state index is 11.5. The molecule has 0 aromatic heterocycles. The summed E-state index contributed by atoms with van der Waals surface area (Å²) in [5.74, 6) is 0.0977. The minimum atomic E-state index is -0.507. The van der Waals surface area contributed by atoms with Crippen LogP contribution in [-0.2, 0) is 9.59 Å². The predicted molar refractivity (Wildman–Crippen MR) is 72.0 cm³/mol. The van der Waals surface area contributed by atoms with Crippen LogP contribution in [0.1, 0.15) is 52.4 Å².